The molecule has 0 unspecified atom stereocenters. The zero-order valence-corrected chi connectivity index (χ0v) is 14.7. The van der Waals surface area contributed by atoms with E-state index in [0.29, 0.717) is 17.7 Å². The number of likely N-dealkylation sites (tertiary alicyclic amines) is 1. The molecule has 4 heterocycles. The van der Waals surface area contributed by atoms with Gasteiger partial charge in [0, 0.05) is 24.4 Å². The summed E-state index contributed by atoms with van der Waals surface area (Å²) in [6, 6.07) is 0. The topological polar surface area (TPSA) is 64.3 Å². The van der Waals surface area contributed by atoms with Crippen LogP contribution in [0.2, 0.25) is 0 Å². The summed E-state index contributed by atoms with van der Waals surface area (Å²) in [7, 11) is 0. The minimum absolute atomic E-state index is 0.0125. The number of fused-ring (bicyclic) bond motifs is 1. The smallest absolute Gasteiger partial charge is 0.245 e. The molecular formula is C17H22N4O2S. The Hall–Kier alpha value is -1.31. The monoisotopic (exact) mass is 346 g/mol. The first-order valence-electron chi connectivity index (χ1n) is 8.86. The van der Waals surface area contributed by atoms with E-state index in [9.17, 15) is 0 Å². The van der Waals surface area contributed by atoms with E-state index in [-0.39, 0.29) is 12.2 Å². The van der Waals surface area contributed by atoms with E-state index >= 15 is 0 Å². The summed E-state index contributed by atoms with van der Waals surface area (Å²) in [5.74, 6) is 2.61. The molecule has 7 heteroatoms. The summed E-state index contributed by atoms with van der Waals surface area (Å²) < 4.78 is 12.1. The molecule has 6 nitrogen and oxygen atoms in total. The molecule has 0 radical (unpaired) electrons. The normalized spacial score (nSPS) is 30.6. The second-order valence-corrected chi connectivity index (χ2v) is 8.36. The van der Waals surface area contributed by atoms with Crippen LogP contribution in [0.15, 0.2) is 9.80 Å². The van der Waals surface area contributed by atoms with Crippen LogP contribution in [-0.4, -0.2) is 39.3 Å². The van der Waals surface area contributed by atoms with E-state index in [1.807, 2.05) is 0 Å². The molecule has 2 aromatic rings. The fourth-order valence-corrected chi connectivity index (χ4v) is 4.48. The molecule has 3 atom stereocenters. The van der Waals surface area contributed by atoms with Gasteiger partial charge < -0.3 is 9.15 Å². The van der Waals surface area contributed by atoms with Crippen LogP contribution in [0.25, 0.3) is 0 Å². The lowest BCUT2D eigenvalue weighted by Crippen LogP contribution is -2.41. The molecule has 2 aliphatic heterocycles. The van der Waals surface area contributed by atoms with Crippen molar-refractivity contribution >= 4 is 11.3 Å². The van der Waals surface area contributed by atoms with Crippen LogP contribution in [-0.2, 0) is 11.3 Å². The first kappa shape index (κ1) is 15.0. The van der Waals surface area contributed by atoms with Gasteiger partial charge in [0.25, 0.3) is 0 Å². The molecule has 3 fully saturated rings. The third kappa shape index (κ3) is 2.89. The van der Waals surface area contributed by atoms with Crippen molar-refractivity contribution in [3.8, 4) is 0 Å². The van der Waals surface area contributed by atoms with Gasteiger partial charge in [-0.2, -0.15) is 0 Å². The van der Waals surface area contributed by atoms with Gasteiger partial charge in [-0.25, -0.2) is 4.98 Å². The molecule has 0 N–H and O–H groups in total. The lowest BCUT2D eigenvalue weighted by atomic mass is 9.92. The van der Waals surface area contributed by atoms with E-state index in [2.05, 4.69) is 32.4 Å². The van der Waals surface area contributed by atoms with Crippen molar-refractivity contribution in [2.75, 3.05) is 13.1 Å². The second kappa shape index (κ2) is 5.89. The van der Waals surface area contributed by atoms with Crippen molar-refractivity contribution in [1.29, 1.82) is 0 Å². The lowest BCUT2D eigenvalue weighted by molar-refractivity contribution is -0.0179. The first-order valence-corrected chi connectivity index (χ1v) is 9.74. The van der Waals surface area contributed by atoms with Gasteiger partial charge in [-0.1, -0.05) is 0 Å². The van der Waals surface area contributed by atoms with Crippen LogP contribution in [0.5, 0.6) is 0 Å². The summed E-state index contributed by atoms with van der Waals surface area (Å²) in [5.41, 5.74) is 1.18. The highest BCUT2D eigenvalue weighted by molar-refractivity contribution is 7.09. The van der Waals surface area contributed by atoms with Crippen LogP contribution >= 0.6 is 11.3 Å². The zero-order chi connectivity index (χ0) is 16.1. The molecule has 128 valence electrons. The highest BCUT2D eigenvalue weighted by Crippen LogP contribution is 2.43. The standard InChI is InChI=1S/C17H22N4O2S/c1-10-18-13(9-24-10)7-21-5-4-12-6-14(22-15(12)8-21)17-20-19-16(23-17)11-2-3-11/h9,11-12,14-15H,2-8H2,1H3/t12-,14+,15+/m1/s1. The maximum absolute atomic E-state index is 6.28. The van der Waals surface area contributed by atoms with Gasteiger partial charge in [0.2, 0.25) is 11.8 Å². The number of piperidine rings is 1. The molecular weight excluding hydrogens is 324 g/mol. The summed E-state index contributed by atoms with van der Waals surface area (Å²) in [6.07, 6.45) is 4.82. The molecule has 0 aromatic carbocycles. The average Bonchev–Trinajstić information content (AvgIpc) is 2.98. The van der Waals surface area contributed by atoms with E-state index in [1.165, 1.54) is 25.0 Å². The average molecular weight is 346 g/mol. The predicted molar refractivity (Wildman–Crippen MR) is 88.7 cm³/mol. The number of aryl methyl sites for hydroxylation is 1. The minimum atomic E-state index is -0.0125. The first-order chi connectivity index (χ1) is 11.7. The molecule has 2 aromatic heterocycles. The van der Waals surface area contributed by atoms with Crippen molar-refractivity contribution in [3.63, 3.8) is 0 Å². The van der Waals surface area contributed by atoms with Crippen molar-refractivity contribution in [2.45, 2.75) is 57.3 Å². The maximum Gasteiger partial charge on any atom is 0.245 e. The molecule has 2 saturated heterocycles. The Kier molecular flexibility index (Phi) is 3.68. The van der Waals surface area contributed by atoms with Crippen molar-refractivity contribution in [2.24, 2.45) is 5.92 Å². The van der Waals surface area contributed by atoms with E-state index in [4.69, 9.17) is 9.15 Å². The number of rotatable bonds is 4. The van der Waals surface area contributed by atoms with Gasteiger partial charge in [0.15, 0.2) is 0 Å². The molecule has 0 bridgehead atoms. The highest BCUT2D eigenvalue weighted by atomic mass is 32.1. The van der Waals surface area contributed by atoms with Crippen LogP contribution in [0.3, 0.4) is 0 Å². The Balaban J connectivity index is 1.22. The quantitative estimate of drug-likeness (QED) is 0.848. The van der Waals surface area contributed by atoms with Crippen molar-refractivity contribution in [1.82, 2.24) is 20.1 Å². The number of ether oxygens (including phenoxy) is 1. The van der Waals surface area contributed by atoms with E-state index in [1.54, 1.807) is 11.3 Å². The highest BCUT2D eigenvalue weighted by Gasteiger charge is 2.42. The Bertz CT molecular complexity index is 726. The molecule has 24 heavy (non-hydrogen) atoms. The van der Waals surface area contributed by atoms with Gasteiger partial charge in [-0.15, -0.1) is 21.5 Å². The number of hydrogen-bond donors (Lipinski definition) is 0. The van der Waals surface area contributed by atoms with E-state index in [0.717, 1.165) is 37.0 Å². The lowest BCUT2D eigenvalue weighted by Gasteiger charge is -2.33. The fourth-order valence-electron chi connectivity index (χ4n) is 3.88. The number of thiazole rings is 1. The molecule has 3 aliphatic rings. The van der Waals surface area contributed by atoms with Crippen LogP contribution in [0, 0.1) is 12.8 Å². The van der Waals surface area contributed by atoms with Crippen molar-refractivity contribution < 1.29 is 9.15 Å². The molecule has 5 rings (SSSR count). The van der Waals surface area contributed by atoms with Gasteiger partial charge in [-0.05, 0) is 45.1 Å². The van der Waals surface area contributed by atoms with Crippen LogP contribution in [0.1, 0.15) is 60.2 Å². The summed E-state index contributed by atoms with van der Waals surface area (Å²) in [5, 5.41) is 11.7. The summed E-state index contributed by atoms with van der Waals surface area (Å²) >= 11 is 1.72. The minimum Gasteiger partial charge on any atom is -0.422 e. The largest absolute Gasteiger partial charge is 0.422 e. The van der Waals surface area contributed by atoms with Gasteiger partial charge in [-0.3, -0.25) is 4.90 Å². The Morgan fingerprint density at radius 2 is 2.12 bits per heavy atom. The second-order valence-electron chi connectivity index (χ2n) is 7.29. The number of hydrogen-bond acceptors (Lipinski definition) is 7. The third-order valence-electron chi connectivity index (χ3n) is 5.35. The fraction of sp³-hybridized carbons (Fsp3) is 0.706. The van der Waals surface area contributed by atoms with Crippen LogP contribution < -0.4 is 0 Å². The predicted octanol–water partition coefficient (Wildman–Crippen LogP) is 3.06. The molecule has 0 spiro atoms. The van der Waals surface area contributed by atoms with Gasteiger partial charge >= 0.3 is 0 Å². The van der Waals surface area contributed by atoms with Gasteiger partial charge in [0.1, 0.15) is 6.10 Å². The zero-order valence-electron chi connectivity index (χ0n) is 13.9. The maximum atomic E-state index is 6.28. The van der Waals surface area contributed by atoms with Crippen molar-refractivity contribution in [3.05, 3.63) is 27.9 Å². The summed E-state index contributed by atoms with van der Waals surface area (Å²) in [4.78, 5) is 7.04. The SMILES string of the molecule is Cc1nc(CN2CC[C@@H]3C[C@@H](c4nnc(C5CC5)o4)O[C@H]3C2)cs1. The van der Waals surface area contributed by atoms with Gasteiger partial charge in [0.05, 0.1) is 16.8 Å². The number of aromatic nitrogens is 3. The van der Waals surface area contributed by atoms with E-state index < -0.39 is 0 Å². The Labute approximate surface area is 145 Å². The number of nitrogens with zero attached hydrogens (tertiary/aromatic N) is 4. The third-order valence-corrected chi connectivity index (χ3v) is 6.17. The molecule has 0 amide bonds. The molecule has 1 saturated carbocycles. The summed E-state index contributed by atoms with van der Waals surface area (Å²) in [6.45, 7) is 5.08. The Morgan fingerprint density at radius 3 is 2.92 bits per heavy atom. The Morgan fingerprint density at radius 1 is 1.25 bits per heavy atom. The molecule has 1 aliphatic carbocycles. The van der Waals surface area contributed by atoms with Crippen LogP contribution in [0.4, 0.5) is 0 Å².